The number of esters is 2. The zero-order valence-corrected chi connectivity index (χ0v) is 9.32. The molecule has 0 aromatic heterocycles. The highest BCUT2D eigenvalue weighted by atomic mass is 16.6. The summed E-state index contributed by atoms with van der Waals surface area (Å²) in [6.07, 6.45) is -0.299. The Labute approximate surface area is 93.0 Å². The summed E-state index contributed by atoms with van der Waals surface area (Å²) in [4.78, 5) is 23.2. The second kappa shape index (κ2) is 3.43. The minimum Gasteiger partial charge on any atom is -0.469 e. The third kappa shape index (κ3) is 1.33. The number of cyclic esters (lactones) is 1. The molecule has 2 aliphatic rings. The minimum atomic E-state index is -0.987. The first-order chi connectivity index (χ1) is 7.43. The van der Waals surface area contributed by atoms with Crippen LogP contribution in [0, 0.1) is 5.41 Å². The van der Waals surface area contributed by atoms with Crippen LogP contribution in [0.1, 0.15) is 19.8 Å². The molecule has 16 heavy (non-hydrogen) atoms. The number of hydrogen-bond acceptors (Lipinski definition) is 6. The number of nitrogens with two attached hydrogens (primary N) is 1. The van der Waals surface area contributed by atoms with Gasteiger partial charge in [0.15, 0.2) is 0 Å². The fourth-order valence-electron chi connectivity index (χ4n) is 2.51. The van der Waals surface area contributed by atoms with Gasteiger partial charge in [-0.3, -0.25) is 9.59 Å². The smallest absolute Gasteiger partial charge is 0.316 e. The molecular weight excluding hydrogens is 214 g/mol. The summed E-state index contributed by atoms with van der Waals surface area (Å²) in [5.74, 6) is -0.879. The van der Waals surface area contributed by atoms with Crippen molar-refractivity contribution in [2.75, 3.05) is 13.7 Å². The van der Waals surface area contributed by atoms with Crippen molar-refractivity contribution < 1.29 is 23.8 Å². The first-order valence-corrected chi connectivity index (χ1v) is 5.11. The van der Waals surface area contributed by atoms with E-state index in [9.17, 15) is 9.59 Å². The molecule has 0 amide bonds. The zero-order chi connectivity index (χ0) is 12.0. The highest BCUT2D eigenvalue weighted by Crippen LogP contribution is 2.53. The minimum absolute atomic E-state index is 0.0491. The van der Waals surface area contributed by atoms with Crippen LogP contribution in [-0.2, 0) is 23.8 Å². The zero-order valence-electron chi connectivity index (χ0n) is 9.32. The fourth-order valence-corrected chi connectivity index (χ4v) is 2.51. The Balaban J connectivity index is 2.32. The second-order valence-electron chi connectivity index (χ2n) is 4.50. The van der Waals surface area contributed by atoms with E-state index in [-0.39, 0.29) is 19.4 Å². The van der Waals surface area contributed by atoms with Crippen molar-refractivity contribution in [1.29, 1.82) is 0 Å². The summed E-state index contributed by atoms with van der Waals surface area (Å²) in [6.45, 7) is 1.88. The van der Waals surface area contributed by atoms with Gasteiger partial charge in [-0.15, -0.1) is 0 Å². The summed E-state index contributed by atoms with van der Waals surface area (Å²) in [5, 5.41) is 0. The molecule has 0 aromatic rings. The molecule has 6 heteroatoms. The van der Waals surface area contributed by atoms with Gasteiger partial charge in [0.2, 0.25) is 0 Å². The molecule has 2 saturated heterocycles. The van der Waals surface area contributed by atoms with Crippen molar-refractivity contribution in [1.82, 2.24) is 0 Å². The Kier molecular flexibility index (Phi) is 2.43. The average Bonchev–Trinajstić information content (AvgIpc) is 2.58. The Hall–Kier alpha value is -1.14. The van der Waals surface area contributed by atoms with E-state index >= 15 is 0 Å². The van der Waals surface area contributed by atoms with Gasteiger partial charge in [-0.25, -0.2) is 0 Å². The fraction of sp³-hybridized carbons (Fsp3) is 0.800. The van der Waals surface area contributed by atoms with E-state index in [1.807, 2.05) is 0 Å². The SMILES string of the molecule is COC(=O)CC12C[C@H](N)O[C@@]1(C)COC2=O. The lowest BCUT2D eigenvalue weighted by Gasteiger charge is -2.29. The van der Waals surface area contributed by atoms with E-state index in [1.54, 1.807) is 6.92 Å². The van der Waals surface area contributed by atoms with E-state index in [0.717, 1.165) is 0 Å². The first-order valence-electron chi connectivity index (χ1n) is 5.11. The van der Waals surface area contributed by atoms with E-state index in [4.69, 9.17) is 15.2 Å². The standard InChI is InChI=1S/C10H15NO5/c1-9-5-15-8(13)10(9,3-6(11)16-9)4-7(12)14-2/h6H,3-5,11H2,1-2H3/t6-,9+,10?/m1/s1. The van der Waals surface area contributed by atoms with Crippen LogP contribution in [0.4, 0.5) is 0 Å². The molecule has 0 bridgehead atoms. The average molecular weight is 229 g/mol. The maximum Gasteiger partial charge on any atom is 0.316 e. The number of methoxy groups -OCH3 is 1. The molecule has 2 aliphatic heterocycles. The maximum atomic E-state index is 11.8. The molecule has 6 nitrogen and oxygen atoms in total. The Morgan fingerprint density at radius 2 is 2.38 bits per heavy atom. The summed E-state index contributed by atoms with van der Waals surface area (Å²) < 4.78 is 15.1. The van der Waals surface area contributed by atoms with E-state index in [2.05, 4.69) is 4.74 Å². The second-order valence-corrected chi connectivity index (χ2v) is 4.50. The molecule has 2 rings (SSSR count). The van der Waals surface area contributed by atoms with E-state index < -0.39 is 29.2 Å². The molecule has 2 fully saturated rings. The van der Waals surface area contributed by atoms with Crippen LogP contribution in [0.3, 0.4) is 0 Å². The van der Waals surface area contributed by atoms with Crippen LogP contribution < -0.4 is 5.73 Å². The van der Waals surface area contributed by atoms with Crippen LogP contribution in [0.25, 0.3) is 0 Å². The largest absolute Gasteiger partial charge is 0.469 e. The Morgan fingerprint density at radius 3 is 3.00 bits per heavy atom. The summed E-state index contributed by atoms with van der Waals surface area (Å²) in [6, 6.07) is 0. The Bertz CT molecular complexity index is 344. The van der Waals surface area contributed by atoms with Gasteiger partial charge in [-0.2, -0.15) is 0 Å². The number of carbonyl (C=O) groups excluding carboxylic acids is 2. The van der Waals surface area contributed by atoms with Crippen LogP contribution in [0.15, 0.2) is 0 Å². The lowest BCUT2D eigenvalue weighted by atomic mass is 9.72. The van der Waals surface area contributed by atoms with Gasteiger partial charge in [0.05, 0.1) is 13.5 Å². The number of carbonyl (C=O) groups is 2. The third-order valence-electron chi connectivity index (χ3n) is 3.52. The topological polar surface area (TPSA) is 87.8 Å². The highest BCUT2D eigenvalue weighted by molar-refractivity contribution is 5.87. The van der Waals surface area contributed by atoms with Gasteiger partial charge in [-0.1, -0.05) is 0 Å². The van der Waals surface area contributed by atoms with E-state index in [1.165, 1.54) is 7.11 Å². The molecule has 0 aromatic carbocycles. The van der Waals surface area contributed by atoms with Crippen molar-refractivity contribution in [3.63, 3.8) is 0 Å². The molecular formula is C10H15NO5. The first kappa shape index (κ1) is 11.3. The molecule has 90 valence electrons. The molecule has 0 aliphatic carbocycles. The molecule has 3 atom stereocenters. The molecule has 0 radical (unpaired) electrons. The molecule has 0 saturated carbocycles. The number of rotatable bonds is 2. The van der Waals surface area contributed by atoms with Crippen LogP contribution >= 0.6 is 0 Å². The summed E-state index contributed by atoms with van der Waals surface area (Å²) in [7, 11) is 1.28. The van der Waals surface area contributed by atoms with Gasteiger partial charge in [-0.05, 0) is 6.92 Å². The maximum absolute atomic E-state index is 11.8. The van der Waals surface area contributed by atoms with Crippen molar-refractivity contribution in [3.05, 3.63) is 0 Å². The summed E-state index contributed by atoms with van der Waals surface area (Å²) in [5.41, 5.74) is 3.88. The molecule has 1 unspecified atom stereocenters. The lowest BCUT2D eigenvalue weighted by molar-refractivity contribution is -0.155. The van der Waals surface area contributed by atoms with Crippen molar-refractivity contribution in [2.24, 2.45) is 11.1 Å². The highest BCUT2D eigenvalue weighted by Gasteiger charge is 2.67. The van der Waals surface area contributed by atoms with Crippen LogP contribution in [0.5, 0.6) is 0 Å². The van der Waals surface area contributed by atoms with Crippen LogP contribution in [0.2, 0.25) is 0 Å². The Morgan fingerprint density at radius 1 is 1.69 bits per heavy atom. The lowest BCUT2D eigenvalue weighted by Crippen LogP contribution is -2.44. The quantitative estimate of drug-likeness (QED) is 0.646. The number of fused-ring (bicyclic) bond motifs is 1. The van der Waals surface area contributed by atoms with Gasteiger partial charge >= 0.3 is 11.9 Å². The number of ether oxygens (including phenoxy) is 3. The third-order valence-corrected chi connectivity index (χ3v) is 3.52. The summed E-state index contributed by atoms with van der Waals surface area (Å²) >= 11 is 0. The van der Waals surface area contributed by atoms with Gasteiger partial charge in [0.1, 0.15) is 23.9 Å². The predicted octanol–water partition coefficient (Wildman–Crippen LogP) is -0.443. The van der Waals surface area contributed by atoms with Gasteiger partial charge < -0.3 is 19.9 Å². The number of hydrogen-bond donors (Lipinski definition) is 1. The van der Waals surface area contributed by atoms with Crippen molar-refractivity contribution in [3.8, 4) is 0 Å². The molecule has 0 spiro atoms. The molecule has 2 heterocycles. The van der Waals surface area contributed by atoms with Crippen molar-refractivity contribution in [2.45, 2.75) is 31.6 Å². The molecule has 2 N–H and O–H groups in total. The monoisotopic (exact) mass is 229 g/mol. The van der Waals surface area contributed by atoms with Crippen molar-refractivity contribution >= 4 is 11.9 Å². The predicted molar refractivity (Wildman–Crippen MR) is 52.1 cm³/mol. The van der Waals surface area contributed by atoms with E-state index in [0.29, 0.717) is 0 Å². The van der Waals surface area contributed by atoms with Gasteiger partial charge in [0.25, 0.3) is 0 Å². The van der Waals surface area contributed by atoms with Gasteiger partial charge in [0, 0.05) is 6.42 Å². The normalized spacial score (nSPS) is 41.7. The van der Waals surface area contributed by atoms with Crippen LogP contribution in [-0.4, -0.2) is 37.5 Å².